The first-order chi connectivity index (χ1) is 20.3. The third-order valence-corrected chi connectivity index (χ3v) is 7.61. The minimum Gasteiger partial charge on any atom is -0.495 e. The number of likely N-dealkylation sites (tertiary alicyclic amines) is 1. The summed E-state index contributed by atoms with van der Waals surface area (Å²) in [6, 6.07) is 19.5. The number of rotatable bonds is 8. The van der Waals surface area contributed by atoms with Gasteiger partial charge >= 0.3 is 5.97 Å². The lowest BCUT2D eigenvalue weighted by molar-refractivity contribution is -0.130. The Bertz CT molecular complexity index is 1650. The Morgan fingerprint density at radius 2 is 1.62 bits per heavy atom. The van der Waals surface area contributed by atoms with Crippen LogP contribution in [-0.4, -0.2) is 52.9 Å². The van der Waals surface area contributed by atoms with E-state index in [1.807, 2.05) is 65.9 Å². The number of benzene rings is 3. The summed E-state index contributed by atoms with van der Waals surface area (Å²) in [5.41, 5.74) is 5.79. The monoisotopic (exact) mass is 563 g/mol. The molecule has 8 heteroatoms. The lowest BCUT2D eigenvalue weighted by Gasteiger charge is -2.34. The zero-order valence-corrected chi connectivity index (χ0v) is 24.2. The highest BCUT2D eigenvalue weighted by Crippen LogP contribution is 2.31. The van der Waals surface area contributed by atoms with Gasteiger partial charge in [-0.25, -0.2) is 9.78 Å². The molecule has 0 bridgehead atoms. The fraction of sp³-hybridized carbons (Fsp3) is 0.235. The highest BCUT2D eigenvalue weighted by Gasteiger charge is 2.28. The van der Waals surface area contributed by atoms with Gasteiger partial charge in [-0.15, -0.1) is 0 Å². The molecular weight excluding hydrogens is 530 g/mol. The Kier molecular flexibility index (Phi) is 8.33. The number of methoxy groups -OCH3 is 2. The van der Waals surface area contributed by atoms with Crippen LogP contribution in [0.15, 0.2) is 84.8 Å². The smallest absolute Gasteiger partial charge is 0.337 e. The molecule has 214 valence electrons. The quantitative estimate of drug-likeness (QED) is 0.149. The average molecular weight is 564 g/mol. The lowest BCUT2D eigenvalue weighted by Crippen LogP contribution is -2.38. The van der Waals surface area contributed by atoms with Gasteiger partial charge in [-0.2, -0.15) is 0 Å². The second kappa shape index (κ2) is 12.3. The van der Waals surface area contributed by atoms with Crippen molar-refractivity contribution < 1.29 is 23.9 Å². The van der Waals surface area contributed by atoms with E-state index in [0.717, 1.165) is 34.5 Å². The predicted octanol–water partition coefficient (Wildman–Crippen LogP) is 5.97. The first kappa shape index (κ1) is 28.5. The molecule has 1 fully saturated rings. The number of carbonyl (C=O) groups excluding carboxylic acids is 3. The largest absolute Gasteiger partial charge is 0.495 e. The topological polar surface area (TPSA) is 90.7 Å². The van der Waals surface area contributed by atoms with Crippen LogP contribution < -0.4 is 4.74 Å². The van der Waals surface area contributed by atoms with Crippen molar-refractivity contribution in [2.75, 3.05) is 20.8 Å². The second-order valence-electron chi connectivity index (χ2n) is 10.3. The van der Waals surface area contributed by atoms with Gasteiger partial charge in [0.1, 0.15) is 5.75 Å². The molecule has 8 nitrogen and oxygen atoms in total. The Balaban J connectivity index is 1.30. The van der Waals surface area contributed by atoms with Crippen molar-refractivity contribution in [3.8, 4) is 11.4 Å². The highest BCUT2D eigenvalue weighted by atomic mass is 16.5. The van der Waals surface area contributed by atoms with E-state index in [0.29, 0.717) is 35.4 Å². The van der Waals surface area contributed by atoms with Gasteiger partial charge in [-0.05, 0) is 68.2 Å². The van der Waals surface area contributed by atoms with Gasteiger partial charge in [-0.3, -0.25) is 9.59 Å². The van der Waals surface area contributed by atoms with Crippen molar-refractivity contribution in [1.82, 2.24) is 14.5 Å². The van der Waals surface area contributed by atoms with E-state index in [-0.39, 0.29) is 17.7 Å². The summed E-state index contributed by atoms with van der Waals surface area (Å²) < 4.78 is 12.3. The SMILES string of the molecule is COC(=O)c1ccc(C(=O)c2ccc(C(C)N3CCC/C(=C\c4ccc(-n5cnc(C)c5)c(OC)c4)C3=O)cc2)cc1. The second-order valence-corrected chi connectivity index (χ2v) is 10.3. The third kappa shape index (κ3) is 5.88. The fourth-order valence-electron chi connectivity index (χ4n) is 5.22. The molecule has 1 saturated heterocycles. The number of ketones is 1. The van der Waals surface area contributed by atoms with Crippen molar-refractivity contribution >= 4 is 23.7 Å². The van der Waals surface area contributed by atoms with E-state index < -0.39 is 5.97 Å². The molecule has 3 aromatic carbocycles. The summed E-state index contributed by atoms with van der Waals surface area (Å²) in [6.07, 6.45) is 7.20. The summed E-state index contributed by atoms with van der Waals surface area (Å²) in [6.45, 7) is 4.60. The molecule has 1 unspecified atom stereocenters. The summed E-state index contributed by atoms with van der Waals surface area (Å²) in [5, 5.41) is 0. The molecule has 1 aliphatic heterocycles. The van der Waals surface area contributed by atoms with Crippen molar-refractivity contribution in [3.63, 3.8) is 0 Å². The number of amides is 1. The van der Waals surface area contributed by atoms with E-state index in [1.165, 1.54) is 7.11 Å². The number of hydrogen-bond donors (Lipinski definition) is 0. The molecule has 4 aromatic rings. The molecule has 0 N–H and O–H groups in total. The number of imidazole rings is 1. The van der Waals surface area contributed by atoms with Gasteiger partial charge in [0.05, 0.1) is 43.5 Å². The Morgan fingerprint density at radius 3 is 2.24 bits per heavy atom. The van der Waals surface area contributed by atoms with Crippen LogP contribution in [0.4, 0.5) is 0 Å². The van der Waals surface area contributed by atoms with Crippen molar-refractivity contribution in [1.29, 1.82) is 0 Å². The molecular formula is C34H33N3O5. The molecule has 0 aliphatic carbocycles. The minimum absolute atomic E-state index is 0.00729. The van der Waals surface area contributed by atoms with Gasteiger partial charge in [0.25, 0.3) is 0 Å². The molecule has 2 heterocycles. The third-order valence-electron chi connectivity index (χ3n) is 7.61. The van der Waals surface area contributed by atoms with Gasteiger partial charge in [-0.1, -0.05) is 42.5 Å². The Labute approximate surface area is 245 Å². The normalized spacial score (nSPS) is 15.0. The zero-order valence-electron chi connectivity index (χ0n) is 24.2. The van der Waals surface area contributed by atoms with E-state index in [1.54, 1.807) is 49.8 Å². The maximum atomic E-state index is 13.6. The van der Waals surface area contributed by atoms with Crippen molar-refractivity contribution in [2.45, 2.75) is 32.7 Å². The molecule has 1 aromatic heterocycles. The number of hydrogen-bond acceptors (Lipinski definition) is 6. The Morgan fingerprint density at radius 1 is 0.952 bits per heavy atom. The molecule has 0 saturated carbocycles. The van der Waals surface area contributed by atoms with Crippen molar-refractivity contribution in [2.24, 2.45) is 0 Å². The predicted molar refractivity (Wildman–Crippen MR) is 160 cm³/mol. The molecule has 0 radical (unpaired) electrons. The van der Waals surface area contributed by atoms with Gasteiger partial charge in [0.2, 0.25) is 5.91 Å². The standard InChI is InChI=1S/C34H33N3O5/c1-22-20-36(21-35-22)30-16-7-24(19-31(30)41-3)18-29-6-5-17-37(33(29)39)23(2)25-8-10-26(11-9-25)32(38)27-12-14-28(15-13-27)34(40)42-4/h7-16,18-21,23H,5-6,17H2,1-4H3/b29-18+. The average Bonchev–Trinajstić information content (AvgIpc) is 3.46. The summed E-state index contributed by atoms with van der Waals surface area (Å²) in [5.74, 6) is 0.113. The number of carbonyl (C=O) groups is 3. The number of piperidine rings is 1. The molecule has 0 spiro atoms. The number of nitrogens with zero attached hydrogens (tertiary/aromatic N) is 3. The first-order valence-electron chi connectivity index (χ1n) is 13.8. The maximum Gasteiger partial charge on any atom is 0.337 e. The van der Waals surface area contributed by atoms with E-state index >= 15 is 0 Å². The van der Waals surface area contributed by atoms with E-state index in [4.69, 9.17) is 9.47 Å². The maximum absolute atomic E-state index is 13.6. The molecule has 5 rings (SSSR count). The molecule has 1 atom stereocenters. The van der Waals surface area contributed by atoms with Gasteiger partial charge in [0, 0.05) is 29.4 Å². The number of esters is 1. The van der Waals surface area contributed by atoms with Crippen LogP contribution in [0.25, 0.3) is 11.8 Å². The van der Waals surface area contributed by atoms with Crippen LogP contribution in [-0.2, 0) is 9.53 Å². The highest BCUT2D eigenvalue weighted by molar-refractivity contribution is 6.09. The molecule has 1 amide bonds. The Hall–Kier alpha value is -4.98. The molecule has 42 heavy (non-hydrogen) atoms. The van der Waals surface area contributed by atoms with E-state index in [9.17, 15) is 14.4 Å². The fourth-order valence-corrected chi connectivity index (χ4v) is 5.22. The van der Waals surface area contributed by atoms with Crippen LogP contribution in [0.5, 0.6) is 5.75 Å². The number of aromatic nitrogens is 2. The van der Waals surface area contributed by atoms with Gasteiger partial charge < -0.3 is 18.9 Å². The summed E-state index contributed by atoms with van der Waals surface area (Å²) in [7, 11) is 2.95. The van der Waals surface area contributed by atoms with Crippen LogP contribution in [0, 0.1) is 6.92 Å². The first-order valence-corrected chi connectivity index (χ1v) is 13.8. The van der Waals surface area contributed by atoms with Crippen LogP contribution in [0.2, 0.25) is 0 Å². The zero-order chi connectivity index (χ0) is 29.8. The van der Waals surface area contributed by atoms with Gasteiger partial charge in [0.15, 0.2) is 5.78 Å². The number of ether oxygens (including phenoxy) is 2. The minimum atomic E-state index is -0.448. The van der Waals surface area contributed by atoms with Crippen LogP contribution in [0.3, 0.4) is 0 Å². The lowest BCUT2D eigenvalue weighted by atomic mass is 9.96. The summed E-state index contributed by atoms with van der Waals surface area (Å²) in [4.78, 5) is 44.4. The molecule has 1 aliphatic rings. The van der Waals surface area contributed by atoms with Crippen LogP contribution >= 0.6 is 0 Å². The van der Waals surface area contributed by atoms with Crippen molar-refractivity contribution in [3.05, 3.63) is 118 Å². The van der Waals surface area contributed by atoms with Crippen LogP contribution in [0.1, 0.15) is 68.9 Å². The van der Waals surface area contributed by atoms with E-state index in [2.05, 4.69) is 4.98 Å². The summed E-state index contributed by atoms with van der Waals surface area (Å²) >= 11 is 0. The number of aryl methyl sites for hydroxylation is 1.